The summed E-state index contributed by atoms with van der Waals surface area (Å²) < 4.78 is 0. The molecule has 0 atom stereocenters. The average molecular weight is 197 g/mol. The van der Waals surface area contributed by atoms with Gasteiger partial charge in [-0.2, -0.15) is 15.0 Å². The van der Waals surface area contributed by atoms with E-state index in [9.17, 15) is 0 Å². The summed E-state index contributed by atoms with van der Waals surface area (Å²) in [5.41, 5.74) is 3.19. The third-order valence-corrected chi connectivity index (χ3v) is 2.62. The van der Waals surface area contributed by atoms with Crippen LogP contribution in [0.5, 0.6) is 0 Å². The summed E-state index contributed by atoms with van der Waals surface area (Å²) in [6, 6.07) is 10.5. The largest absolute Gasteiger partial charge is 0.187 e. The Bertz CT molecular complexity index is 652. The van der Waals surface area contributed by atoms with Crippen molar-refractivity contribution in [2.24, 2.45) is 7.05 Å². The Morgan fingerprint density at radius 2 is 1.87 bits per heavy atom. The fraction of sp³-hybridized carbons (Fsp3) is 0.167. The molecule has 0 aliphatic heterocycles. The third-order valence-electron chi connectivity index (χ3n) is 2.62. The molecule has 0 aliphatic carbocycles. The van der Waals surface area contributed by atoms with Crippen molar-refractivity contribution in [2.75, 3.05) is 0 Å². The van der Waals surface area contributed by atoms with E-state index < -0.39 is 0 Å². The highest BCUT2D eigenvalue weighted by Gasteiger charge is 2.04. The van der Waals surface area contributed by atoms with Crippen LogP contribution in [-0.4, -0.2) is 15.0 Å². The van der Waals surface area contributed by atoms with Crippen LogP contribution >= 0.6 is 0 Å². The van der Waals surface area contributed by atoms with Crippen LogP contribution in [0, 0.1) is 6.92 Å². The van der Waals surface area contributed by atoms with E-state index in [4.69, 9.17) is 0 Å². The van der Waals surface area contributed by atoms with Crippen molar-refractivity contribution in [3.63, 3.8) is 0 Å². The molecule has 0 N–H and O–H groups in total. The number of fused-ring (bicyclic) bond motifs is 3. The van der Waals surface area contributed by atoms with E-state index in [0.717, 1.165) is 11.0 Å². The lowest BCUT2D eigenvalue weighted by atomic mass is 10.1. The minimum atomic E-state index is 0.954. The molecular formula is C12H11N3. The van der Waals surface area contributed by atoms with Crippen molar-refractivity contribution in [3.8, 4) is 0 Å². The van der Waals surface area contributed by atoms with Crippen LogP contribution in [0.4, 0.5) is 0 Å². The molecule has 3 heteroatoms. The third kappa shape index (κ3) is 1.20. The van der Waals surface area contributed by atoms with Crippen LogP contribution in [0.15, 0.2) is 30.3 Å². The van der Waals surface area contributed by atoms with E-state index in [1.807, 2.05) is 13.1 Å². The molecular weight excluding hydrogens is 186 g/mol. The van der Waals surface area contributed by atoms with Crippen LogP contribution in [-0.2, 0) is 7.05 Å². The van der Waals surface area contributed by atoms with Crippen molar-refractivity contribution in [2.45, 2.75) is 6.92 Å². The molecule has 0 unspecified atom stereocenters. The Morgan fingerprint density at radius 3 is 2.73 bits per heavy atom. The minimum Gasteiger partial charge on any atom is -0.187 e. The highest BCUT2D eigenvalue weighted by atomic mass is 15.4. The van der Waals surface area contributed by atoms with Gasteiger partial charge in [-0.25, -0.2) is 0 Å². The monoisotopic (exact) mass is 197 g/mol. The molecule has 0 bridgehead atoms. The fourth-order valence-electron chi connectivity index (χ4n) is 1.91. The maximum atomic E-state index is 4.39. The maximum absolute atomic E-state index is 4.39. The lowest BCUT2D eigenvalue weighted by Gasteiger charge is -1.98. The summed E-state index contributed by atoms with van der Waals surface area (Å²) in [5, 5.41) is 11.1. The smallest absolute Gasteiger partial charge is 0.121 e. The van der Waals surface area contributed by atoms with E-state index >= 15 is 0 Å². The highest BCUT2D eigenvalue weighted by Crippen LogP contribution is 2.23. The summed E-state index contributed by atoms with van der Waals surface area (Å²) >= 11 is 0. The average Bonchev–Trinajstić information content (AvgIpc) is 2.58. The van der Waals surface area contributed by atoms with Crippen LogP contribution in [0.25, 0.3) is 21.8 Å². The Kier molecular flexibility index (Phi) is 1.57. The molecule has 3 nitrogen and oxygen atoms in total. The quantitative estimate of drug-likeness (QED) is 0.554. The lowest BCUT2D eigenvalue weighted by molar-refractivity contribution is 0.665. The van der Waals surface area contributed by atoms with Gasteiger partial charge >= 0.3 is 0 Å². The van der Waals surface area contributed by atoms with Gasteiger partial charge in [-0.15, -0.1) is 0 Å². The predicted octanol–water partition coefficient (Wildman–Crippen LogP) is 2.43. The Hall–Kier alpha value is -1.90. The lowest BCUT2D eigenvalue weighted by Crippen LogP contribution is -1.90. The molecule has 0 radical (unpaired) electrons. The van der Waals surface area contributed by atoms with E-state index in [1.54, 1.807) is 4.80 Å². The summed E-state index contributed by atoms with van der Waals surface area (Å²) in [6.45, 7) is 2.09. The second-order valence-electron chi connectivity index (χ2n) is 3.85. The second-order valence-corrected chi connectivity index (χ2v) is 3.85. The Morgan fingerprint density at radius 1 is 1.07 bits per heavy atom. The molecule has 0 saturated heterocycles. The van der Waals surface area contributed by atoms with Crippen molar-refractivity contribution < 1.29 is 0 Å². The van der Waals surface area contributed by atoms with Crippen LogP contribution in [0.1, 0.15) is 5.56 Å². The first-order valence-corrected chi connectivity index (χ1v) is 4.94. The van der Waals surface area contributed by atoms with Crippen molar-refractivity contribution in [3.05, 3.63) is 35.9 Å². The first kappa shape index (κ1) is 8.41. The molecule has 3 aromatic rings. The first-order chi connectivity index (χ1) is 7.24. The summed E-state index contributed by atoms with van der Waals surface area (Å²) in [7, 11) is 1.85. The number of hydrogen-bond acceptors (Lipinski definition) is 2. The van der Waals surface area contributed by atoms with Gasteiger partial charge in [0.15, 0.2) is 0 Å². The van der Waals surface area contributed by atoms with Gasteiger partial charge in [-0.05, 0) is 24.4 Å². The predicted molar refractivity (Wildman–Crippen MR) is 60.8 cm³/mol. The molecule has 1 heterocycles. The van der Waals surface area contributed by atoms with Crippen molar-refractivity contribution in [1.29, 1.82) is 0 Å². The van der Waals surface area contributed by atoms with Gasteiger partial charge in [-0.1, -0.05) is 23.8 Å². The van der Waals surface area contributed by atoms with E-state index in [0.29, 0.717) is 0 Å². The summed E-state index contributed by atoms with van der Waals surface area (Å²) in [5.74, 6) is 0. The van der Waals surface area contributed by atoms with Crippen molar-refractivity contribution >= 4 is 21.8 Å². The molecule has 3 rings (SSSR count). The molecule has 0 aliphatic rings. The van der Waals surface area contributed by atoms with Crippen molar-refractivity contribution in [1.82, 2.24) is 15.0 Å². The number of nitrogens with zero attached hydrogens (tertiary/aromatic N) is 3. The summed E-state index contributed by atoms with van der Waals surface area (Å²) in [4.78, 5) is 1.62. The van der Waals surface area contributed by atoms with Gasteiger partial charge in [-0.3, -0.25) is 0 Å². The molecule has 0 saturated carbocycles. The van der Waals surface area contributed by atoms with E-state index in [1.165, 1.54) is 16.3 Å². The van der Waals surface area contributed by atoms with E-state index in [2.05, 4.69) is 41.4 Å². The molecule has 2 aromatic carbocycles. The summed E-state index contributed by atoms with van der Waals surface area (Å²) in [6.07, 6.45) is 0. The minimum absolute atomic E-state index is 0.954. The SMILES string of the molecule is Cc1ccc2ccc3nn(C)nc3c2c1. The zero-order valence-electron chi connectivity index (χ0n) is 8.73. The second kappa shape index (κ2) is 2.79. The molecule has 0 spiro atoms. The van der Waals surface area contributed by atoms with Gasteiger partial charge in [0.25, 0.3) is 0 Å². The molecule has 0 amide bonds. The number of rotatable bonds is 0. The van der Waals surface area contributed by atoms with Gasteiger partial charge in [0.05, 0.1) is 0 Å². The Balaban J connectivity index is 2.56. The molecule has 74 valence electrons. The van der Waals surface area contributed by atoms with Crippen LogP contribution in [0.3, 0.4) is 0 Å². The highest BCUT2D eigenvalue weighted by molar-refractivity contribution is 6.03. The van der Waals surface area contributed by atoms with Gasteiger partial charge < -0.3 is 0 Å². The topological polar surface area (TPSA) is 30.7 Å². The first-order valence-electron chi connectivity index (χ1n) is 4.94. The van der Waals surface area contributed by atoms with Crippen LogP contribution < -0.4 is 0 Å². The zero-order chi connectivity index (χ0) is 10.4. The standard InChI is InChI=1S/C12H11N3/c1-8-3-4-9-5-6-11-12(10(9)7-8)14-15(2)13-11/h3-7H,1-2H3. The molecule has 15 heavy (non-hydrogen) atoms. The fourth-order valence-corrected chi connectivity index (χ4v) is 1.91. The maximum Gasteiger partial charge on any atom is 0.121 e. The number of benzene rings is 2. The van der Waals surface area contributed by atoms with E-state index in [-0.39, 0.29) is 0 Å². The number of aromatic nitrogens is 3. The molecule has 1 aromatic heterocycles. The zero-order valence-corrected chi connectivity index (χ0v) is 8.73. The number of hydrogen-bond donors (Lipinski definition) is 0. The Labute approximate surface area is 87.3 Å². The number of aryl methyl sites for hydroxylation is 2. The van der Waals surface area contributed by atoms with Crippen LogP contribution in [0.2, 0.25) is 0 Å². The van der Waals surface area contributed by atoms with Gasteiger partial charge in [0.1, 0.15) is 11.0 Å². The molecule has 0 fully saturated rings. The normalized spacial score (nSPS) is 11.3. The van der Waals surface area contributed by atoms with Gasteiger partial charge in [0, 0.05) is 12.4 Å². The van der Waals surface area contributed by atoms with Gasteiger partial charge in [0.2, 0.25) is 0 Å².